The van der Waals surface area contributed by atoms with Crippen molar-refractivity contribution >= 4 is 17.4 Å². The van der Waals surface area contributed by atoms with Gasteiger partial charge in [-0.15, -0.1) is 0 Å². The summed E-state index contributed by atoms with van der Waals surface area (Å²) in [6, 6.07) is 0.822. The predicted octanol–water partition coefficient (Wildman–Crippen LogP) is 2.63. The fourth-order valence-electron chi connectivity index (χ4n) is 1.35. The van der Waals surface area contributed by atoms with Crippen LogP contribution >= 0.6 is 11.6 Å². The van der Waals surface area contributed by atoms with Crippen molar-refractivity contribution in [3.63, 3.8) is 0 Å². The van der Waals surface area contributed by atoms with Crippen LogP contribution in [0.4, 0.5) is 4.39 Å². The van der Waals surface area contributed by atoms with Gasteiger partial charge in [-0.1, -0.05) is 11.6 Å². The molecule has 0 amide bonds. The Balaban J connectivity index is 3.39. The quantitative estimate of drug-likeness (QED) is 0.793. The highest BCUT2D eigenvalue weighted by Crippen LogP contribution is 2.25. The molecule has 0 aliphatic carbocycles. The van der Waals surface area contributed by atoms with Gasteiger partial charge in [-0.25, -0.2) is 4.39 Å². The minimum absolute atomic E-state index is 0.252. The Labute approximate surface area is 93.2 Å². The van der Waals surface area contributed by atoms with Crippen LogP contribution in [0.25, 0.3) is 0 Å². The Morgan fingerprint density at radius 1 is 1.47 bits per heavy atom. The van der Waals surface area contributed by atoms with E-state index in [4.69, 9.17) is 17.3 Å². The third-order valence-electron chi connectivity index (χ3n) is 2.37. The number of carbonyl (C=O) groups excluding carboxylic acids is 1. The molecule has 1 aromatic rings. The summed E-state index contributed by atoms with van der Waals surface area (Å²) in [5.41, 5.74) is 6.38. The van der Waals surface area contributed by atoms with Gasteiger partial charge in [0.25, 0.3) is 0 Å². The Kier molecular flexibility index (Phi) is 3.47. The summed E-state index contributed by atoms with van der Waals surface area (Å²) in [6.07, 6.45) is 0. The first-order chi connectivity index (χ1) is 6.86. The number of nitrogens with two attached hydrogens (primary N) is 1. The number of hydrogen-bond acceptors (Lipinski definition) is 2. The maximum atomic E-state index is 13.6. The zero-order valence-corrected chi connectivity index (χ0v) is 9.65. The van der Waals surface area contributed by atoms with Crippen molar-refractivity contribution in [2.75, 3.05) is 0 Å². The van der Waals surface area contributed by atoms with E-state index in [-0.39, 0.29) is 16.4 Å². The maximum absolute atomic E-state index is 13.6. The normalized spacial score (nSPS) is 12.7. The molecule has 0 aromatic heterocycles. The molecule has 0 fully saturated rings. The van der Waals surface area contributed by atoms with E-state index in [9.17, 15) is 9.18 Å². The summed E-state index contributed by atoms with van der Waals surface area (Å²) >= 11 is 5.81. The lowest BCUT2D eigenvalue weighted by atomic mass is 9.98. The average Bonchev–Trinajstić information content (AvgIpc) is 2.19. The zero-order chi connectivity index (χ0) is 11.7. The molecule has 0 spiro atoms. The smallest absolute Gasteiger partial charge is 0.179 e. The van der Waals surface area contributed by atoms with E-state index in [1.54, 1.807) is 20.8 Å². The van der Waals surface area contributed by atoms with Crippen LogP contribution in [0.1, 0.15) is 28.4 Å². The number of halogens is 2. The van der Waals surface area contributed by atoms with Gasteiger partial charge in [-0.3, -0.25) is 4.79 Å². The largest absolute Gasteiger partial charge is 0.321 e. The summed E-state index contributed by atoms with van der Waals surface area (Å²) in [6.45, 7) is 4.69. The SMILES string of the molecule is Cc1c(Cl)cc(C(=O)C(C)N)c(C)c1F. The molecule has 0 aliphatic rings. The Morgan fingerprint density at radius 2 is 2.00 bits per heavy atom. The van der Waals surface area contributed by atoms with E-state index in [0.29, 0.717) is 11.1 Å². The van der Waals surface area contributed by atoms with E-state index in [1.807, 2.05) is 0 Å². The van der Waals surface area contributed by atoms with E-state index in [0.717, 1.165) is 0 Å². The Hall–Kier alpha value is -0.930. The monoisotopic (exact) mass is 229 g/mol. The summed E-state index contributed by atoms with van der Waals surface area (Å²) in [5.74, 6) is -0.736. The molecular formula is C11H13ClFNO. The van der Waals surface area contributed by atoms with Gasteiger partial charge >= 0.3 is 0 Å². The number of rotatable bonds is 2. The van der Waals surface area contributed by atoms with Crippen LogP contribution in [-0.2, 0) is 0 Å². The van der Waals surface area contributed by atoms with Gasteiger partial charge < -0.3 is 5.73 Å². The Morgan fingerprint density at radius 3 is 2.47 bits per heavy atom. The third kappa shape index (κ3) is 2.19. The molecule has 15 heavy (non-hydrogen) atoms. The molecule has 82 valence electrons. The standard InChI is InChI=1S/C11H13ClFNO/c1-5-8(11(15)7(3)14)4-9(12)6(2)10(5)13/h4,7H,14H2,1-3H3. The summed E-state index contributed by atoms with van der Waals surface area (Å²) in [4.78, 5) is 11.6. The minimum atomic E-state index is -0.651. The molecule has 0 bridgehead atoms. The first-order valence-electron chi connectivity index (χ1n) is 4.61. The lowest BCUT2D eigenvalue weighted by Crippen LogP contribution is -2.27. The highest BCUT2D eigenvalue weighted by atomic mass is 35.5. The number of ketones is 1. The second-order valence-electron chi connectivity index (χ2n) is 3.62. The number of benzene rings is 1. The summed E-state index contributed by atoms with van der Waals surface area (Å²) < 4.78 is 13.6. The lowest BCUT2D eigenvalue weighted by Gasteiger charge is -2.11. The number of Topliss-reactive ketones (excluding diaryl/α,β-unsaturated/α-hetero) is 1. The molecule has 1 atom stereocenters. The van der Waals surface area contributed by atoms with Crippen LogP contribution in [0, 0.1) is 19.7 Å². The van der Waals surface area contributed by atoms with Crippen LogP contribution in [0.3, 0.4) is 0 Å². The number of carbonyl (C=O) groups is 1. The van der Waals surface area contributed by atoms with Gasteiger partial charge in [0, 0.05) is 16.1 Å². The molecule has 0 saturated heterocycles. The number of hydrogen-bond donors (Lipinski definition) is 1. The maximum Gasteiger partial charge on any atom is 0.179 e. The third-order valence-corrected chi connectivity index (χ3v) is 2.76. The fourth-order valence-corrected chi connectivity index (χ4v) is 1.54. The zero-order valence-electron chi connectivity index (χ0n) is 8.90. The second-order valence-corrected chi connectivity index (χ2v) is 4.03. The van der Waals surface area contributed by atoms with E-state index >= 15 is 0 Å². The van der Waals surface area contributed by atoms with E-state index in [2.05, 4.69) is 0 Å². The molecule has 0 saturated carbocycles. The van der Waals surface area contributed by atoms with Crippen molar-refractivity contribution in [3.8, 4) is 0 Å². The molecular weight excluding hydrogens is 217 g/mol. The molecule has 2 nitrogen and oxygen atoms in total. The average molecular weight is 230 g/mol. The molecule has 4 heteroatoms. The molecule has 1 unspecified atom stereocenters. The minimum Gasteiger partial charge on any atom is -0.321 e. The predicted molar refractivity (Wildman–Crippen MR) is 58.9 cm³/mol. The van der Waals surface area contributed by atoms with Gasteiger partial charge in [0.2, 0.25) is 0 Å². The van der Waals surface area contributed by atoms with Crippen LogP contribution in [-0.4, -0.2) is 11.8 Å². The molecule has 0 radical (unpaired) electrons. The summed E-state index contributed by atoms with van der Waals surface area (Å²) in [7, 11) is 0. The molecule has 2 N–H and O–H groups in total. The highest BCUT2D eigenvalue weighted by molar-refractivity contribution is 6.31. The molecule has 1 rings (SSSR count). The van der Waals surface area contributed by atoms with E-state index < -0.39 is 11.9 Å². The van der Waals surface area contributed by atoms with Crippen molar-refractivity contribution < 1.29 is 9.18 Å². The van der Waals surface area contributed by atoms with Crippen LogP contribution in [0.15, 0.2) is 6.07 Å². The molecule has 0 aliphatic heterocycles. The van der Waals surface area contributed by atoms with Gasteiger partial charge in [0.15, 0.2) is 5.78 Å². The first kappa shape index (κ1) is 12.1. The van der Waals surface area contributed by atoms with Gasteiger partial charge in [0.1, 0.15) is 5.82 Å². The van der Waals surface area contributed by atoms with Crippen LogP contribution in [0.5, 0.6) is 0 Å². The van der Waals surface area contributed by atoms with Crippen molar-refractivity contribution in [3.05, 3.63) is 33.6 Å². The molecule has 0 heterocycles. The van der Waals surface area contributed by atoms with Gasteiger partial charge in [0.05, 0.1) is 6.04 Å². The highest BCUT2D eigenvalue weighted by Gasteiger charge is 2.18. The van der Waals surface area contributed by atoms with Crippen molar-refractivity contribution in [2.45, 2.75) is 26.8 Å². The first-order valence-corrected chi connectivity index (χ1v) is 4.99. The fraction of sp³-hybridized carbons (Fsp3) is 0.364. The van der Waals surface area contributed by atoms with E-state index in [1.165, 1.54) is 6.07 Å². The molecule has 1 aromatic carbocycles. The summed E-state index contributed by atoms with van der Waals surface area (Å²) in [5, 5.41) is 0.252. The lowest BCUT2D eigenvalue weighted by molar-refractivity contribution is 0.0967. The van der Waals surface area contributed by atoms with Crippen molar-refractivity contribution in [2.24, 2.45) is 5.73 Å². The second kappa shape index (κ2) is 4.29. The topological polar surface area (TPSA) is 43.1 Å². The van der Waals surface area contributed by atoms with Crippen molar-refractivity contribution in [1.82, 2.24) is 0 Å². The van der Waals surface area contributed by atoms with Gasteiger partial charge in [-0.05, 0) is 32.4 Å². The Bertz CT molecular complexity index is 416. The van der Waals surface area contributed by atoms with Crippen LogP contribution in [0.2, 0.25) is 5.02 Å². The van der Waals surface area contributed by atoms with Crippen molar-refractivity contribution in [1.29, 1.82) is 0 Å². The van der Waals surface area contributed by atoms with Crippen LogP contribution < -0.4 is 5.73 Å². The van der Waals surface area contributed by atoms with Gasteiger partial charge in [-0.2, -0.15) is 0 Å².